The summed E-state index contributed by atoms with van der Waals surface area (Å²) in [6, 6.07) is 8.05. The van der Waals surface area contributed by atoms with Crippen LogP contribution in [0.2, 0.25) is 0 Å². The van der Waals surface area contributed by atoms with Crippen molar-refractivity contribution < 1.29 is 14.6 Å². The fourth-order valence-electron chi connectivity index (χ4n) is 4.35. The van der Waals surface area contributed by atoms with Crippen molar-refractivity contribution in [3.05, 3.63) is 41.7 Å². The topological polar surface area (TPSA) is 80.5 Å². The van der Waals surface area contributed by atoms with E-state index in [-0.39, 0.29) is 11.9 Å². The van der Waals surface area contributed by atoms with E-state index < -0.39 is 11.0 Å². The minimum absolute atomic E-state index is 0.108. The predicted octanol–water partition coefficient (Wildman–Crippen LogP) is 2.41. The number of ether oxygens (including phenoxy) is 1. The Morgan fingerprint density at radius 3 is 2.61 bits per heavy atom. The molecule has 7 heteroatoms. The van der Waals surface area contributed by atoms with Crippen LogP contribution in [0.5, 0.6) is 5.75 Å². The molecule has 0 atom stereocenters. The van der Waals surface area contributed by atoms with E-state index in [0.29, 0.717) is 18.8 Å². The van der Waals surface area contributed by atoms with Crippen molar-refractivity contribution in [3.8, 4) is 5.75 Å². The van der Waals surface area contributed by atoms with Gasteiger partial charge in [-0.2, -0.15) is 0 Å². The van der Waals surface area contributed by atoms with Crippen LogP contribution in [0, 0.1) is 0 Å². The molecule has 1 aromatic heterocycles. The summed E-state index contributed by atoms with van der Waals surface area (Å²) in [5.41, 5.74) is 0.140. The first kappa shape index (κ1) is 18.9. The molecular weight excluding hydrogens is 356 g/mol. The quantitative estimate of drug-likeness (QED) is 0.856. The molecule has 1 saturated carbocycles. The summed E-state index contributed by atoms with van der Waals surface area (Å²) in [4.78, 5) is 15.4. The number of carbonyl (C=O) groups excluding carboxylic acids is 1. The Hall–Kier alpha value is -2.41. The second kappa shape index (κ2) is 6.88. The molecule has 28 heavy (non-hydrogen) atoms. The molecule has 1 saturated heterocycles. The average molecular weight is 384 g/mol. The molecule has 150 valence electrons. The maximum atomic E-state index is 13.5. The van der Waals surface area contributed by atoms with Crippen LogP contribution in [-0.2, 0) is 15.8 Å². The number of methoxy groups -OCH3 is 1. The van der Waals surface area contributed by atoms with E-state index in [9.17, 15) is 9.90 Å². The molecule has 2 fully saturated rings. The van der Waals surface area contributed by atoms with Gasteiger partial charge in [-0.15, -0.1) is 5.10 Å². The second-order valence-corrected chi connectivity index (χ2v) is 8.53. The third-order valence-electron chi connectivity index (χ3n) is 6.15. The minimum Gasteiger partial charge on any atom is -0.497 e. The lowest BCUT2D eigenvalue weighted by atomic mass is 9.76. The van der Waals surface area contributed by atoms with Crippen molar-refractivity contribution >= 4 is 5.91 Å². The van der Waals surface area contributed by atoms with Gasteiger partial charge in [0.1, 0.15) is 17.0 Å². The Bertz CT molecular complexity index is 859. The van der Waals surface area contributed by atoms with Crippen LogP contribution in [0.3, 0.4) is 0 Å². The number of likely N-dealkylation sites (tertiary alicyclic amines) is 1. The van der Waals surface area contributed by atoms with E-state index >= 15 is 0 Å². The molecule has 4 rings (SSSR count). The van der Waals surface area contributed by atoms with Gasteiger partial charge in [0.05, 0.1) is 24.8 Å². The number of nitrogens with zero attached hydrogens (tertiary/aromatic N) is 4. The SMILES string of the molecule is COc1cccc(C2(C(=O)N3CC(n4cc(C(C)(C)O)nn4)C3)CCCC2)c1. The third-order valence-corrected chi connectivity index (χ3v) is 6.15. The maximum Gasteiger partial charge on any atom is 0.233 e. The van der Waals surface area contributed by atoms with Gasteiger partial charge < -0.3 is 14.7 Å². The van der Waals surface area contributed by atoms with Crippen molar-refractivity contribution in [1.82, 2.24) is 19.9 Å². The van der Waals surface area contributed by atoms with Gasteiger partial charge in [0.25, 0.3) is 0 Å². The van der Waals surface area contributed by atoms with Gasteiger partial charge in [-0.25, -0.2) is 4.68 Å². The van der Waals surface area contributed by atoms with E-state index in [1.165, 1.54) is 0 Å². The molecule has 0 spiro atoms. The fraction of sp³-hybridized carbons (Fsp3) is 0.571. The zero-order chi connectivity index (χ0) is 19.9. The number of hydrogen-bond acceptors (Lipinski definition) is 5. The number of hydrogen-bond donors (Lipinski definition) is 1. The van der Waals surface area contributed by atoms with E-state index in [4.69, 9.17) is 4.74 Å². The Morgan fingerprint density at radius 2 is 2.00 bits per heavy atom. The molecule has 2 aliphatic rings. The highest BCUT2D eigenvalue weighted by Crippen LogP contribution is 2.44. The first-order valence-electron chi connectivity index (χ1n) is 9.92. The summed E-state index contributed by atoms with van der Waals surface area (Å²) in [7, 11) is 1.66. The summed E-state index contributed by atoms with van der Waals surface area (Å²) >= 11 is 0. The van der Waals surface area contributed by atoms with Crippen molar-refractivity contribution in [3.63, 3.8) is 0 Å². The van der Waals surface area contributed by atoms with Crippen LogP contribution < -0.4 is 4.74 Å². The van der Waals surface area contributed by atoms with Crippen molar-refractivity contribution in [1.29, 1.82) is 0 Å². The number of amides is 1. The van der Waals surface area contributed by atoms with Gasteiger partial charge >= 0.3 is 0 Å². The molecule has 0 unspecified atom stereocenters. The number of aromatic nitrogens is 3. The first-order chi connectivity index (χ1) is 13.3. The Labute approximate surface area is 165 Å². The lowest BCUT2D eigenvalue weighted by Crippen LogP contribution is -2.56. The number of rotatable bonds is 5. The van der Waals surface area contributed by atoms with Crippen molar-refractivity contribution in [2.45, 2.75) is 56.6 Å². The highest BCUT2D eigenvalue weighted by molar-refractivity contribution is 5.89. The van der Waals surface area contributed by atoms with Crippen LogP contribution in [0.4, 0.5) is 0 Å². The summed E-state index contributed by atoms with van der Waals surface area (Å²) in [5.74, 6) is 0.997. The summed E-state index contributed by atoms with van der Waals surface area (Å²) in [6.07, 6.45) is 5.68. The second-order valence-electron chi connectivity index (χ2n) is 8.53. The fourth-order valence-corrected chi connectivity index (χ4v) is 4.35. The molecule has 1 amide bonds. The molecule has 1 aliphatic carbocycles. The molecule has 1 aromatic carbocycles. The summed E-state index contributed by atoms with van der Waals surface area (Å²) < 4.78 is 7.15. The summed E-state index contributed by atoms with van der Waals surface area (Å²) in [6.45, 7) is 4.63. The lowest BCUT2D eigenvalue weighted by Gasteiger charge is -2.44. The van der Waals surface area contributed by atoms with Crippen LogP contribution in [-0.4, -0.2) is 51.1 Å². The number of benzene rings is 1. The van der Waals surface area contributed by atoms with Crippen molar-refractivity contribution in [2.75, 3.05) is 20.2 Å². The molecule has 2 aromatic rings. The van der Waals surface area contributed by atoms with E-state index in [2.05, 4.69) is 16.4 Å². The Balaban J connectivity index is 1.50. The molecule has 2 heterocycles. The highest BCUT2D eigenvalue weighted by atomic mass is 16.5. The Kier molecular flexibility index (Phi) is 4.65. The molecule has 7 nitrogen and oxygen atoms in total. The molecular formula is C21H28N4O3. The highest BCUT2D eigenvalue weighted by Gasteiger charge is 2.48. The van der Waals surface area contributed by atoms with Crippen LogP contribution >= 0.6 is 0 Å². The van der Waals surface area contributed by atoms with Crippen LogP contribution in [0.1, 0.15) is 56.8 Å². The van der Waals surface area contributed by atoms with Gasteiger partial charge in [-0.3, -0.25) is 4.79 Å². The van der Waals surface area contributed by atoms with Crippen molar-refractivity contribution in [2.24, 2.45) is 0 Å². The normalized spacial score (nSPS) is 19.5. The molecule has 0 radical (unpaired) electrons. The lowest BCUT2D eigenvalue weighted by molar-refractivity contribution is -0.143. The van der Waals surface area contributed by atoms with Gasteiger partial charge in [-0.05, 0) is 44.4 Å². The zero-order valence-corrected chi connectivity index (χ0v) is 16.8. The molecule has 1 aliphatic heterocycles. The van der Waals surface area contributed by atoms with E-state index in [0.717, 1.165) is 37.0 Å². The Morgan fingerprint density at radius 1 is 1.29 bits per heavy atom. The number of aliphatic hydroxyl groups is 1. The van der Waals surface area contributed by atoms with Crippen LogP contribution in [0.25, 0.3) is 0 Å². The molecule has 1 N–H and O–H groups in total. The van der Waals surface area contributed by atoms with Gasteiger partial charge in [-0.1, -0.05) is 30.2 Å². The smallest absolute Gasteiger partial charge is 0.233 e. The standard InChI is InChI=1S/C21H28N4O3/c1-20(2,27)18-14-25(23-22-18)16-12-24(13-16)19(26)21(9-4-5-10-21)15-7-6-8-17(11-15)28-3/h6-8,11,14,16,27H,4-5,9-10,12-13H2,1-3H3. The van der Waals surface area contributed by atoms with Gasteiger partial charge in [0, 0.05) is 13.1 Å². The monoisotopic (exact) mass is 384 g/mol. The largest absolute Gasteiger partial charge is 0.497 e. The van der Waals surface area contributed by atoms with Gasteiger partial charge in [0.15, 0.2) is 0 Å². The van der Waals surface area contributed by atoms with Gasteiger partial charge in [0.2, 0.25) is 5.91 Å². The predicted molar refractivity (Wildman–Crippen MR) is 104 cm³/mol. The third kappa shape index (κ3) is 3.17. The van der Waals surface area contributed by atoms with E-state index in [1.54, 1.807) is 31.8 Å². The summed E-state index contributed by atoms with van der Waals surface area (Å²) in [5, 5.41) is 18.3. The first-order valence-corrected chi connectivity index (χ1v) is 9.92. The number of carbonyl (C=O) groups is 1. The average Bonchev–Trinajstić information content (AvgIpc) is 3.30. The van der Waals surface area contributed by atoms with Crippen LogP contribution in [0.15, 0.2) is 30.5 Å². The molecule has 0 bridgehead atoms. The minimum atomic E-state index is -1.02. The maximum absolute atomic E-state index is 13.5. The van der Waals surface area contributed by atoms with E-state index in [1.807, 2.05) is 23.1 Å². The zero-order valence-electron chi connectivity index (χ0n) is 16.8.